The van der Waals surface area contributed by atoms with Crippen LogP contribution in [0.3, 0.4) is 0 Å². The molecule has 0 amide bonds. The minimum absolute atomic E-state index is 0.0236. The molecule has 384 valence electrons. The first-order valence-corrected chi connectivity index (χ1v) is 27.1. The number of carboxylic acid groups (broad SMARTS) is 2. The van der Waals surface area contributed by atoms with Crippen molar-refractivity contribution in [2.45, 2.75) is 138 Å². The Morgan fingerprint density at radius 3 is 2.00 bits per heavy atom. The first kappa shape index (κ1) is 53.7. The molecule has 6 N–H and O–H groups in total. The van der Waals surface area contributed by atoms with Gasteiger partial charge in [0.15, 0.2) is 5.75 Å². The number of halogens is 1. The van der Waals surface area contributed by atoms with Crippen LogP contribution >= 0.6 is 11.6 Å². The van der Waals surface area contributed by atoms with E-state index >= 15 is 0 Å². The van der Waals surface area contributed by atoms with Crippen LogP contribution < -0.4 is 20.4 Å². The molecule has 4 aliphatic rings. The number of carboxylic acids is 2. The van der Waals surface area contributed by atoms with Gasteiger partial charge in [-0.05, 0) is 192 Å². The van der Waals surface area contributed by atoms with Gasteiger partial charge in [0.05, 0.1) is 5.02 Å². The Kier molecular flexibility index (Phi) is 17.1. The van der Waals surface area contributed by atoms with Crippen molar-refractivity contribution < 1.29 is 49.4 Å². The summed E-state index contributed by atoms with van der Waals surface area (Å²) in [5.74, 6) is 3.59. The predicted molar refractivity (Wildman–Crippen MR) is 286 cm³/mol. The average Bonchev–Trinajstić information content (AvgIpc) is 3.71. The molecule has 4 aliphatic carbocycles. The van der Waals surface area contributed by atoms with Gasteiger partial charge in [-0.25, -0.2) is 9.59 Å². The molecular weight excluding hydrogens is 926 g/mol. The van der Waals surface area contributed by atoms with Crippen LogP contribution in [0.15, 0.2) is 84.9 Å². The van der Waals surface area contributed by atoms with Gasteiger partial charge < -0.3 is 39.8 Å². The topological polar surface area (TPSA) is 174 Å². The van der Waals surface area contributed by atoms with Crippen LogP contribution in [0.1, 0.15) is 167 Å². The molecule has 0 heterocycles. The lowest BCUT2D eigenvalue weighted by Crippen LogP contribution is -2.53. The molecule has 0 bridgehead atoms. The fourth-order valence-electron chi connectivity index (χ4n) is 14.7. The number of benzene rings is 4. The Hall–Kier alpha value is -4.58. The highest BCUT2D eigenvalue weighted by atomic mass is 35.5. The van der Waals surface area contributed by atoms with Crippen LogP contribution in [0.4, 0.5) is 0 Å². The van der Waals surface area contributed by atoms with Crippen molar-refractivity contribution in [2.24, 2.45) is 58.2 Å². The Balaban J connectivity index is 1.03. The van der Waals surface area contributed by atoms with Crippen molar-refractivity contribution in [1.29, 1.82) is 0 Å². The van der Waals surface area contributed by atoms with Crippen molar-refractivity contribution in [3.8, 4) is 11.5 Å². The number of carbonyl (C=O) groups is 2. The molecule has 0 saturated heterocycles. The van der Waals surface area contributed by atoms with E-state index in [-0.39, 0.29) is 51.8 Å². The van der Waals surface area contributed by atoms with E-state index in [1.807, 2.05) is 0 Å². The van der Waals surface area contributed by atoms with Gasteiger partial charge in [0.25, 0.3) is 0 Å². The summed E-state index contributed by atoms with van der Waals surface area (Å²) in [7, 11) is -3.49. The number of aromatic carboxylic acids is 2. The summed E-state index contributed by atoms with van der Waals surface area (Å²) >= 11 is 6.92. The van der Waals surface area contributed by atoms with Gasteiger partial charge in [-0.15, -0.1) is 0 Å². The second kappa shape index (κ2) is 22.9. The predicted octanol–water partition coefficient (Wildman–Crippen LogP) is 11.2. The quantitative estimate of drug-likeness (QED) is 0.0468. The number of allylic oxidation sites excluding steroid dienone is 1. The Bertz CT molecular complexity index is 2600. The molecule has 4 aromatic rings. The number of fused-ring (bicyclic) bond motifs is 5. The van der Waals surface area contributed by atoms with E-state index in [9.17, 15) is 39.9 Å². The summed E-state index contributed by atoms with van der Waals surface area (Å²) in [6.07, 6.45) is 19.5. The van der Waals surface area contributed by atoms with Crippen LogP contribution in [0.2, 0.25) is 5.02 Å². The minimum atomic E-state index is -1.76. The molecule has 4 aromatic carbocycles. The SMILES string of the molecule is CC(C)CCCC(C)C1CCC2C3CCC4CC(CC/C=C(\c5ccc(OCc6ccccc6B(O)O)c(C(=O)O)c5)c5cc(Cl)c(OCc6ccccc6B(O)O)c(C(=O)O)c5)CCC4(C)C3CCC12C. The van der Waals surface area contributed by atoms with E-state index in [1.54, 1.807) is 66.7 Å². The largest absolute Gasteiger partial charge is 0.488 e. The van der Waals surface area contributed by atoms with E-state index in [0.717, 1.165) is 41.9 Å². The first-order valence-electron chi connectivity index (χ1n) is 26.7. The molecule has 10 nitrogen and oxygen atoms in total. The number of rotatable bonds is 20. The maximum Gasteiger partial charge on any atom is 0.488 e. The molecule has 13 heteroatoms. The Morgan fingerprint density at radius 1 is 0.722 bits per heavy atom. The summed E-state index contributed by atoms with van der Waals surface area (Å²) in [6, 6.07) is 21.2. The van der Waals surface area contributed by atoms with Crippen molar-refractivity contribution in [2.75, 3.05) is 0 Å². The summed E-state index contributed by atoms with van der Waals surface area (Å²) in [6.45, 7) is 12.3. The highest BCUT2D eigenvalue weighted by molar-refractivity contribution is 6.59. The number of ether oxygens (including phenoxy) is 2. The van der Waals surface area contributed by atoms with Gasteiger partial charge in [0, 0.05) is 0 Å². The Morgan fingerprint density at radius 2 is 1.35 bits per heavy atom. The monoisotopic (exact) mass is 1000 g/mol. The zero-order valence-corrected chi connectivity index (χ0v) is 43.6. The van der Waals surface area contributed by atoms with Crippen LogP contribution in [-0.2, 0) is 13.2 Å². The lowest BCUT2D eigenvalue weighted by atomic mass is 9.44. The van der Waals surface area contributed by atoms with E-state index in [1.165, 1.54) is 89.2 Å². The third-order valence-corrected chi connectivity index (χ3v) is 18.7. The number of hydrogen-bond donors (Lipinski definition) is 6. The highest BCUT2D eigenvalue weighted by Gasteiger charge is 2.60. The van der Waals surface area contributed by atoms with Crippen molar-refractivity contribution >= 4 is 54.3 Å². The molecule has 0 aromatic heterocycles. The molecule has 9 unspecified atom stereocenters. The van der Waals surface area contributed by atoms with Gasteiger partial charge in [-0.3, -0.25) is 0 Å². The third-order valence-electron chi connectivity index (χ3n) is 18.4. The fraction of sp³-hybridized carbons (Fsp3) is 0.525. The van der Waals surface area contributed by atoms with Crippen molar-refractivity contribution in [3.05, 3.63) is 123 Å². The van der Waals surface area contributed by atoms with Crippen LogP contribution in [0, 0.1) is 58.2 Å². The normalized spacial score (nSPS) is 26.3. The van der Waals surface area contributed by atoms with Gasteiger partial charge in [0.1, 0.15) is 30.1 Å². The van der Waals surface area contributed by atoms with E-state index < -0.39 is 26.2 Å². The maximum atomic E-state index is 13.0. The fourth-order valence-corrected chi connectivity index (χ4v) is 15.0. The molecule has 0 spiro atoms. The maximum absolute atomic E-state index is 13.0. The smallest absolute Gasteiger partial charge is 0.488 e. The third kappa shape index (κ3) is 11.4. The van der Waals surface area contributed by atoms with Crippen LogP contribution in [0.5, 0.6) is 11.5 Å². The molecule has 0 radical (unpaired) electrons. The summed E-state index contributed by atoms with van der Waals surface area (Å²) in [5, 5.41) is 60.9. The summed E-state index contributed by atoms with van der Waals surface area (Å²) in [4.78, 5) is 25.9. The Labute approximate surface area is 432 Å². The van der Waals surface area contributed by atoms with Gasteiger partial charge in [-0.2, -0.15) is 0 Å². The zero-order valence-electron chi connectivity index (χ0n) is 42.9. The first-order chi connectivity index (χ1) is 34.4. The second-order valence-electron chi connectivity index (χ2n) is 22.9. The van der Waals surface area contributed by atoms with Crippen molar-refractivity contribution in [3.63, 3.8) is 0 Å². The van der Waals surface area contributed by atoms with E-state index in [4.69, 9.17) is 21.1 Å². The summed E-state index contributed by atoms with van der Waals surface area (Å²) < 4.78 is 12.0. The molecular formula is C59H75B2ClO10. The lowest BCUT2D eigenvalue weighted by molar-refractivity contribution is -0.121. The van der Waals surface area contributed by atoms with Crippen LogP contribution in [-0.4, -0.2) is 56.5 Å². The van der Waals surface area contributed by atoms with E-state index in [2.05, 4.69) is 40.7 Å². The van der Waals surface area contributed by atoms with Gasteiger partial charge in [-0.1, -0.05) is 126 Å². The van der Waals surface area contributed by atoms with Gasteiger partial charge in [0.2, 0.25) is 0 Å². The van der Waals surface area contributed by atoms with Gasteiger partial charge >= 0.3 is 26.2 Å². The van der Waals surface area contributed by atoms with E-state index in [0.29, 0.717) is 56.9 Å². The molecule has 4 saturated carbocycles. The standard InChI is InChI=1S/C59H75B2ClO10/c1-36(2)12-10-13-37(3)48-23-24-49-45-22-21-43-30-38(26-28-58(43,4)50(45)27-29-59(48,49)5)14-11-17-44(39-20-25-54(46(31-39)56(63)64)71-34-40-15-6-8-18-51(40)60(67)68)42-32-47(57(65)66)55(53(62)33-42)72-35-41-16-7-9-19-52(41)61(69)70/h6-9,15-20,25,31-33,36-38,43,45,48-50,67-70H,10-14,21-24,26-30,34-35H2,1-5H3,(H,63,64)(H,65,66)/b44-17+. The summed E-state index contributed by atoms with van der Waals surface area (Å²) in [5.41, 5.74) is 3.49. The highest BCUT2D eigenvalue weighted by Crippen LogP contribution is 2.69. The second-order valence-corrected chi connectivity index (χ2v) is 23.3. The molecule has 4 fully saturated rings. The molecule has 8 rings (SSSR count). The van der Waals surface area contributed by atoms with Crippen molar-refractivity contribution in [1.82, 2.24) is 0 Å². The number of hydrogen-bond acceptors (Lipinski definition) is 8. The minimum Gasteiger partial charge on any atom is -0.488 e. The lowest BCUT2D eigenvalue weighted by Gasteiger charge is -2.61. The van der Waals surface area contributed by atoms with Crippen LogP contribution in [0.25, 0.3) is 5.57 Å². The molecule has 9 atom stereocenters. The molecule has 0 aliphatic heterocycles. The average molecular weight is 1000 g/mol. The zero-order chi connectivity index (χ0) is 51.5. The molecule has 72 heavy (non-hydrogen) atoms.